The van der Waals surface area contributed by atoms with E-state index in [1.807, 2.05) is 0 Å². The minimum Gasteiger partial charge on any atom is -0.479 e. The first-order valence-corrected chi connectivity index (χ1v) is 5.93. The first-order valence-electron chi connectivity index (χ1n) is 5.93. The molecule has 2 saturated heterocycles. The third-order valence-corrected chi connectivity index (χ3v) is 3.28. The van der Waals surface area contributed by atoms with Crippen molar-refractivity contribution in [2.75, 3.05) is 13.1 Å². The number of β-amino-alcohol motifs (C(OH)–C–C–N with tert-alkyl or cyclic N) is 1. The Hall–Kier alpha value is -1.14. The van der Waals surface area contributed by atoms with Crippen LogP contribution in [0.25, 0.3) is 0 Å². The smallest absolute Gasteiger partial charge is 0.332 e. The summed E-state index contributed by atoms with van der Waals surface area (Å²) >= 11 is 0. The standard InChI is InChI=1S/C11H17NO5/c13-7-2-1-5-12(6-7)10(14)8-3-4-9(17-8)11(15)16/h7-9,13H,1-6H2,(H,15,16)/t7-,8-,9+/m0/s1. The van der Waals surface area contributed by atoms with E-state index in [2.05, 4.69) is 0 Å². The Morgan fingerprint density at radius 3 is 2.47 bits per heavy atom. The van der Waals surface area contributed by atoms with Gasteiger partial charge in [0, 0.05) is 13.1 Å². The monoisotopic (exact) mass is 243 g/mol. The van der Waals surface area contributed by atoms with E-state index in [0.29, 0.717) is 32.4 Å². The molecule has 0 aromatic rings. The molecule has 0 bridgehead atoms. The average Bonchev–Trinajstić information content (AvgIpc) is 2.77. The van der Waals surface area contributed by atoms with Crippen LogP contribution in [-0.2, 0) is 14.3 Å². The molecule has 0 aromatic carbocycles. The van der Waals surface area contributed by atoms with Gasteiger partial charge in [-0.25, -0.2) is 4.79 Å². The Morgan fingerprint density at radius 2 is 1.88 bits per heavy atom. The van der Waals surface area contributed by atoms with Crippen LogP contribution in [0, 0.1) is 0 Å². The molecule has 0 aliphatic carbocycles. The van der Waals surface area contributed by atoms with Crippen LogP contribution in [-0.4, -0.2) is 58.4 Å². The van der Waals surface area contributed by atoms with Crippen LogP contribution in [0.4, 0.5) is 0 Å². The summed E-state index contributed by atoms with van der Waals surface area (Å²) in [6.45, 7) is 0.948. The Morgan fingerprint density at radius 1 is 1.18 bits per heavy atom. The fourth-order valence-corrected chi connectivity index (χ4v) is 2.36. The van der Waals surface area contributed by atoms with Crippen molar-refractivity contribution in [3.05, 3.63) is 0 Å². The van der Waals surface area contributed by atoms with E-state index < -0.39 is 24.3 Å². The van der Waals surface area contributed by atoms with Gasteiger partial charge in [0.2, 0.25) is 0 Å². The van der Waals surface area contributed by atoms with Crippen LogP contribution in [0.3, 0.4) is 0 Å². The fraction of sp³-hybridized carbons (Fsp3) is 0.818. The summed E-state index contributed by atoms with van der Waals surface area (Å²) in [5, 5.41) is 18.3. The van der Waals surface area contributed by atoms with Crippen molar-refractivity contribution in [2.45, 2.75) is 44.0 Å². The lowest BCUT2D eigenvalue weighted by Crippen LogP contribution is -2.46. The third kappa shape index (κ3) is 2.76. The highest BCUT2D eigenvalue weighted by molar-refractivity contribution is 5.82. The maximum Gasteiger partial charge on any atom is 0.332 e. The van der Waals surface area contributed by atoms with Gasteiger partial charge in [0.1, 0.15) is 6.10 Å². The number of hydrogen-bond acceptors (Lipinski definition) is 4. The third-order valence-electron chi connectivity index (χ3n) is 3.28. The molecule has 96 valence electrons. The number of aliphatic hydroxyl groups excluding tert-OH is 1. The summed E-state index contributed by atoms with van der Waals surface area (Å²) in [6.07, 6.45) is 0.337. The maximum absolute atomic E-state index is 12.0. The SMILES string of the molecule is O=C(O)[C@H]1CC[C@@H](C(=O)N2CCC[C@H](O)C2)O1. The molecule has 2 heterocycles. The zero-order chi connectivity index (χ0) is 12.4. The van der Waals surface area contributed by atoms with Crippen molar-refractivity contribution in [2.24, 2.45) is 0 Å². The van der Waals surface area contributed by atoms with Crippen molar-refractivity contribution in [1.29, 1.82) is 0 Å². The number of nitrogens with zero attached hydrogens (tertiary/aromatic N) is 1. The summed E-state index contributed by atoms with van der Waals surface area (Å²) in [7, 11) is 0. The Labute approximate surface area is 99.2 Å². The van der Waals surface area contributed by atoms with Gasteiger partial charge in [-0.2, -0.15) is 0 Å². The van der Waals surface area contributed by atoms with E-state index in [1.54, 1.807) is 4.90 Å². The van der Waals surface area contributed by atoms with E-state index in [4.69, 9.17) is 9.84 Å². The summed E-state index contributed by atoms with van der Waals surface area (Å²) < 4.78 is 5.20. The van der Waals surface area contributed by atoms with Crippen molar-refractivity contribution in [1.82, 2.24) is 4.90 Å². The number of aliphatic hydroxyl groups is 1. The maximum atomic E-state index is 12.0. The van der Waals surface area contributed by atoms with Gasteiger partial charge >= 0.3 is 5.97 Å². The second-order valence-corrected chi connectivity index (χ2v) is 4.61. The number of carboxylic acids is 1. The molecule has 0 saturated carbocycles. The molecule has 17 heavy (non-hydrogen) atoms. The zero-order valence-corrected chi connectivity index (χ0v) is 9.54. The molecule has 6 nitrogen and oxygen atoms in total. The molecule has 2 aliphatic heterocycles. The van der Waals surface area contributed by atoms with Crippen LogP contribution in [0.1, 0.15) is 25.7 Å². The number of likely N-dealkylation sites (tertiary alicyclic amines) is 1. The number of rotatable bonds is 2. The molecular weight excluding hydrogens is 226 g/mol. The molecule has 3 atom stereocenters. The lowest BCUT2D eigenvalue weighted by atomic mass is 10.1. The van der Waals surface area contributed by atoms with Gasteiger partial charge in [-0.1, -0.05) is 0 Å². The number of carbonyl (C=O) groups is 2. The van der Waals surface area contributed by atoms with Gasteiger partial charge in [0.05, 0.1) is 6.10 Å². The summed E-state index contributed by atoms with van der Waals surface area (Å²) in [5.74, 6) is -1.20. The lowest BCUT2D eigenvalue weighted by Gasteiger charge is -2.31. The molecule has 0 spiro atoms. The van der Waals surface area contributed by atoms with Gasteiger partial charge < -0.3 is 19.8 Å². The van der Waals surface area contributed by atoms with Crippen molar-refractivity contribution in [3.63, 3.8) is 0 Å². The minimum absolute atomic E-state index is 0.187. The van der Waals surface area contributed by atoms with Gasteiger partial charge in [-0.15, -0.1) is 0 Å². The first-order chi connectivity index (χ1) is 8.08. The summed E-state index contributed by atoms with van der Waals surface area (Å²) in [6, 6.07) is 0. The van der Waals surface area contributed by atoms with Crippen LogP contribution in [0.15, 0.2) is 0 Å². The normalized spacial score (nSPS) is 33.7. The molecular formula is C11H17NO5. The van der Waals surface area contributed by atoms with Gasteiger partial charge in [0.15, 0.2) is 6.10 Å². The van der Waals surface area contributed by atoms with Crippen LogP contribution < -0.4 is 0 Å². The number of hydrogen-bond donors (Lipinski definition) is 2. The topological polar surface area (TPSA) is 87.1 Å². The number of ether oxygens (including phenoxy) is 1. The Bertz CT molecular complexity index is 319. The number of amides is 1. The summed E-state index contributed by atoms with van der Waals surface area (Å²) in [4.78, 5) is 24.3. The van der Waals surface area contributed by atoms with Crippen LogP contribution >= 0.6 is 0 Å². The van der Waals surface area contributed by atoms with Crippen LogP contribution in [0.5, 0.6) is 0 Å². The van der Waals surface area contributed by atoms with E-state index >= 15 is 0 Å². The Balaban J connectivity index is 1.90. The van der Waals surface area contributed by atoms with E-state index in [1.165, 1.54) is 0 Å². The zero-order valence-electron chi connectivity index (χ0n) is 9.54. The second kappa shape index (κ2) is 5.01. The first kappa shape index (κ1) is 12.3. The molecule has 1 amide bonds. The largest absolute Gasteiger partial charge is 0.479 e. The minimum atomic E-state index is -1.01. The lowest BCUT2D eigenvalue weighted by molar-refractivity contribution is -0.156. The number of carboxylic acid groups (broad SMARTS) is 1. The van der Waals surface area contributed by atoms with Crippen molar-refractivity contribution >= 4 is 11.9 Å². The van der Waals surface area contributed by atoms with Crippen molar-refractivity contribution in [3.8, 4) is 0 Å². The van der Waals surface area contributed by atoms with Gasteiger partial charge in [0.25, 0.3) is 5.91 Å². The second-order valence-electron chi connectivity index (χ2n) is 4.61. The van der Waals surface area contributed by atoms with E-state index in [-0.39, 0.29) is 5.91 Å². The number of aliphatic carboxylic acids is 1. The highest BCUT2D eigenvalue weighted by Gasteiger charge is 2.37. The molecule has 2 rings (SSSR count). The molecule has 2 aliphatic rings. The quantitative estimate of drug-likeness (QED) is 0.689. The predicted octanol–water partition coefficient (Wildman–Crippen LogP) is -0.398. The molecule has 6 heteroatoms. The molecule has 2 N–H and O–H groups in total. The fourth-order valence-electron chi connectivity index (χ4n) is 2.36. The highest BCUT2D eigenvalue weighted by Crippen LogP contribution is 2.23. The summed E-state index contributed by atoms with van der Waals surface area (Å²) in [5.41, 5.74) is 0. The average molecular weight is 243 g/mol. The predicted molar refractivity (Wildman–Crippen MR) is 57.4 cm³/mol. The van der Waals surface area contributed by atoms with Crippen molar-refractivity contribution < 1.29 is 24.5 Å². The highest BCUT2D eigenvalue weighted by atomic mass is 16.5. The molecule has 0 aromatic heterocycles. The van der Waals surface area contributed by atoms with Crippen LogP contribution in [0.2, 0.25) is 0 Å². The number of piperidine rings is 1. The van der Waals surface area contributed by atoms with Gasteiger partial charge in [-0.05, 0) is 25.7 Å². The van der Waals surface area contributed by atoms with E-state index in [9.17, 15) is 14.7 Å². The Kier molecular flexibility index (Phi) is 3.63. The number of carbonyl (C=O) groups excluding carboxylic acids is 1. The van der Waals surface area contributed by atoms with E-state index in [0.717, 1.165) is 6.42 Å². The van der Waals surface area contributed by atoms with Gasteiger partial charge in [-0.3, -0.25) is 4.79 Å². The molecule has 0 unspecified atom stereocenters. The molecule has 2 fully saturated rings. The molecule has 0 radical (unpaired) electrons.